The van der Waals surface area contributed by atoms with Gasteiger partial charge in [0.05, 0.1) is 5.75 Å². The van der Waals surface area contributed by atoms with Crippen molar-refractivity contribution in [2.75, 3.05) is 12.3 Å². The molecule has 1 aromatic carbocycles. The smallest absolute Gasteiger partial charge is 0.407 e. The highest BCUT2D eigenvalue weighted by Gasteiger charge is 2.21. The lowest BCUT2D eigenvalue weighted by Gasteiger charge is -2.21. The first kappa shape index (κ1) is 18.4. The van der Waals surface area contributed by atoms with E-state index in [9.17, 15) is 17.1 Å². The topological polar surface area (TPSA) is 72.5 Å². The van der Waals surface area contributed by atoms with Crippen LogP contribution in [-0.4, -0.2) is 32.4 Å². The van der Waals surface area contributed by atoms with Gasteiger partial charge in [-0.2, -0.15) is 8.42 Å². The standard InChI is InChI=1S/C15H22FNO4S/c1-15(2,3)21-14(18)17-10-13(11-22(16,19)20)9-12-7-5-4-6-8-12/h4-8,13H,9-11H2,1-3H3,(H,17,18). The van der Waals surface area contributed by atoms with E-state index in [0.29, 0.717) is 6.42 Å². The molecule has 1 atom stereocenters. The number of amides is 1. The third-order valence-electron chi connectivity index (χ3n) is 2.74. The Labute approximate surface area is 131 Å². The molecule has 1 unspecified atom stereocenters. The first-order valence-corrected chi connectivity index (χ1v) is 8.53. The Kier molecular flexibility index (Phi) is 6.34. The molecular formula is C15H22FNO4S. The molecule has 0 saturated heterocycles. The number of rotatable bonds is 6. The van der Waals surface area contributed by atoms with Gasteiger partial charge in [-0.15, -0.1) is 3.89 Å². The summed E-state index contributed by atoms with van der Waals surface area (Å²) in [6, 6.07) is 9.12. The van der Waals surface area contributed by atoms with Crippen LogP contribution in [0.4, 0.5) is 8.68 Å². The van der Waals surface area contributed by atoms with Gasteiger partial charge < -0.3 is 10.1 Å². The van der Waals surface area contributed by atoms with Gasteiger partial charge >= 0.3 is 16.3 Å². The van der Waals surface area contributed by atoms with Crippen molar-refractivity contribution in [2.24, 2.45) is 5.92 Å². The first-order chi connectivity index (χ1) is 10.1. The van der Waals surface area contributed by atoms with Crippen LogP contribution in [0.15, 0.2) is 30.3 Å². The number of hydrogen-bond donors (Lipinski definition) is 1. The molecule has 124 valence electrons. The lowest BCUT2D eigenvalue weighted by molar-refractivity contribution is 0.0520. The van der Waals surface area contributed by atoms with Gasteiger partial charge in [-0.1, -0.05) is 30.3 Å². The van der Waals surface area contributed by atoms with Crippen LogP contribution in [0, 0.1) is 5.92 Å². The van der Waals surface area contributed by atoms with Crippen molar-refractivity contribution in [1.82, 2.24) is 5.32 Å². The second kappa shape index (κ2) is 7.58. The summed E-state index contributed by atoms with van der Waals surface area (Å²) >= 11 is 0. The van der Waals surface area contributed by atoms with Crippen molar-refractivity contribution >= 4 is 16.3 Å². The van der Waals surface area contributed by atoms with Crippen LogP contribution in [0.3, 0.4) is 0 Å². The molecule has 1 N–H and O–H groups in total. The fourth-order valence-corrected chi connectivity index (χ4v) is 2.76. The van der Waals surface area contributed by atoms with Crippen LogP contribution in [0.25, 0.3) is 0 Å². The number of carbonyl (C=O) groups excluding carboxylic acids is 1. The quantitative estimate of drug-likeness (QED) is 0.814. The molecule has 0 fully saturated rings. The molecule has 0 aromatic heterocycles. The molecule has 0 aliphatic heterocycles. The predicted molar refractivity (Wildman–Crippen MR) is 82.8 cm³/mol. The number of ether oxygens (including phenoxy) is 1. The van der Waals surface area contributed by atoms with E-state index >= 15 is 0 Å². The highest BCUT2D eigenvalue weighted by Crippen LogP contribution is 2.12. The lowest BCUT2D eigenvalue weighted by Crippen LogP contribution is -2.37. The average Bonchev–Trinajstić information content (AvgIpc) is 2.33. The highest BCUT2D eigenvalue weighted by molar-refractivity contribution is 7.86. The zero-order chi connectivity index (χ0) is 16.8. The molecule has 0 bridgehead atoms. The second-order valence-corrected chi connectivity index (χ2v) is 7.56. The van der Waals surface area contributed by atoms with Gasteiger partial charge in [0.2, 0.25) is 0 Å². The van der Waals surface area contributed by atoms with E-state index in [1.165, 1.54) is 0 Å². The Bertz CT molecular complexity index is 581. The Hall–Kier alpha value is -1.63. The summed E-state index contributed by atoms with van der Waals surface area (Å²) in [5, 5.41) is 2.49. The Morgan fingerprint density at radius 3 is 2.36 bits per heavy atom. The van der Waals surface area contributed by atoms with Crippen molar-refractivity contribution in [2.45, 2.75) is 32.8 Å². The largest absolute Gasteiger partial charge is 0.444 e. The third kappa shape index (κ3) is 8.61. The number of alkyl carbamates (subject to hydrolysis) is 1. The van der Waals surface area contributed by atoms with Crippen LogP contribution in [0.1, 0.15) is 26.3 Å². The Balaban J connectivity index is 2.65. The molecule has 22 heavy (non-hydrogen) atoms. The average molecular weight is 331 g/mol. The van der Waals surface area contributed by atoms with Crippen LogP contribution >= 0.6 is 0 Å². The minimum Gasteiger partial charge on any atom is -0.444 e. The van der Waals surface area contributed by atoms with E-state index in [-0.39, 0.29) is 6.54 Å². The van der Waals surface area contributed by atoms with E-state index in [4.69, 9.17) is 4.74 Å². The van der Waals surface area contributed by atoms with Gasteiger partial charge in [0.15, 0.2) is 0 Å². The van der Waals surface area contributed by atoms with Crippen LogP contribution in [0.5, 0.6) is 0 Å². The van der Waals surface area contributed by atoms with Gasteiger partial charge in [0, 0.05) is 6.54 Å². The summed E-state index contributed by atoms with van der Waals surface area (Å²) in [4.78, 5) is 11.6. The predicted octanol–water partition coefficient (Wildman–Crippen LogP) is 2.67. The number of hydrogen-bond acceptors (Lipinski definition) is 4. The Morgan fingerprint density at radius 2 is 1.86 bits per heavy atom. The molecule has 0 aliphatic rings. The SMILES string of the molecule is CC(C)(C)OC(=O)NCC(Cc1ccccc1)CS(=O)(=O)F. The monoisotopic (exact) mass is 331 g/mol. The zero-order valence-corrected chi connectivity index (χ0v) is 13.8. The van der Waals surface area contributed by atoms with Gasteiger partial charge in [-0.3, -0.25) is 0 Å². The van der Waals surface area contributed by atoms with E-state index in [1.54, 1.807) is 20.8 Å². The zero-order valence-electron chi connectivity index (χ0n) is 13.0. The van der Waals surface area contributed by atoms with Gasteiger partial charge in [-0.05, 0) is 38.7 Å². The summed E-state index contributed by atoms with van der Waals surface area (Å²) in [5.41, 5.74) is 0.229. The minimum atomic E-state index is -4.62. The van der Waals surface area contributed by atoms with Crippen LogP contribution in [0.2, 0.25) is 0 Å². The fourth-order valence-electron chi connectivity index (χ4n) is 1.96. The number of benzene rings is 1. The molecule has 1 rings (SSSR count). The maximum atomic E-state index is 13.0. The molecule has 0 heterocycles. The summed E-state index contributed by atoms with van der Waals surface area (Å²) in [5.74, 6) is -1.21. The van der Waals surface area contributed by atoms with Crippen LogP contribution < -0.4 is 5.32 Å². The summed E-state index contributed by atoms with van der Waals surface area (Å²) in [6.07, 6.45) is -0.304. The van der Waals surface area contributed by atoms with Crippen LogP contribution in [-0.2, 0) is 21.4 Å². The molecule has 5 nitrogen and oxygen atoms in total. The van der Waals surface area contributed by atoms with E-state index in [1.807, 2.05) is 30.3 Å². The fraction of sp³-hybridized carbons (Fsp3) is 0.533. The van der Waals surface area contributed by atoms with Crippen molar-refractivity contribution in [3.8, 4) is 0 Å². The molecule has 1 amide bonds. The molecule has 1 aromatic rings. The normalized spacial score (nSPS) is 13.5. The summed E-state index contributed by atoms with van der Waals surface area (Å²) < 4.78 is 39.8. The Morgan fingerprint density at radius 1 is 1.27 bits per heavy atom. The summed E-state index contributed by atoms with van der Waals surface area (Å²) in [6.45, 7) is 5.19. The second-order valence-electron chi connectivity index (χ2n) is 6.14. The number of carbonyl (C=O) groups is 1. The van der Waals surface area contributed by atoms with Crippen molar-refractivity contribution in [1.29, 1.82) is 0 Å². The lowest BCUT2D eigenvalue weighted by atomic mass is 10.0. The maximum absolute atomic E-state index is 13.0. The highest BCUT2D eigenvalue weighted by atomic mass is 32.3. The molecule has 7 heteroatoms. The first-order valence-electron chi connectivity index (χ1n) is 6.98. The van der Waals surface area contributed by atoms with Gasteiger partial charge in [0.1, 0.15) is 5.60 Å². The minimum absolute atomic E-state index is 0.0208. The molecular weight excluding hydrogens is 309 g/mol. The molecule has 0 aliphatic carbocycles. The van der Waals surface area contributed by atoms with Gasteiger partial charge in [0.25, 0.3) is 0 Å². The number of halogens is 1. The van der Waals surface area contributed by atoms with E-state index in [0.717, 1.165) is 5.56 Å². The van der Waals surface area contributed by atoms with E-state index in [2.05, 4.69) is 5.32 Å². The van der Waals surface area contributed by atoms with Crippen molar-refractivity contribution in [3.05, 3.63) is 35.9 Å². The van der Waals surface area contributed by atoms with E-state index < -0.39 is 33.6 Å². The van der Waals surface area contributed by atoms with Gasteiger partial charge in [-0.25, -0.2) is 4.79 Å². The third-order valence-corrected chi connectivity index (χ3v) is 3.61. The maximum Gasteiger partial charge on any atom is 0.407 e. The van der Waals surface area contributed by atoms with Crippen molar-refractivity contribution < 1.29 is 21.8 Å². The van der Waals surface area contributed by atoms with Crippen molar-refractivity contribution in [3.63, 3.8) is 0 Å². The molecule has 0 spiro atoms. The molecule has 0 saturated carbocycles. The summed E-state index contributed by atoms with van der Waals surface area (Å²) in [7, 11) is -4.62. The molecule has 0 radical (unpaired) electrons. The number of nitrogens with one attached hydrogen (secondary N) is 1.